The highest BCUT2D eigenvalue weighted by atomic mass is 79.9. The molecule has 0 aliphatic carbocycles. The van der Waals surface area contributed by atoms with Crippen LogP contribution in [0.2, 0.25) is 0 Å². The van der Waals surface area contributed by atoms with E-state index >= 15 is 0 Å². The molecule has 0 fully saturated rings. The molecule has 0 radical (unpaired) electrons. The third-order valence-electron chi connectivity index (χ3n) is 3.83. The quantitative estimate of drug-likeness (QED) is 0.559. The minimum absolute atomic E-state index is 0.230. The van der Waals surface area contributed by atoms with Gasteiger partial charge in [0.1, 0.15) is 0 Å². The van der Waals surface area contributed by atoms with Gasteiger partial charge in [0.05, 0.1) is 0 Å². The van der Waals surface area contributed by atoms with E-state index in [-0.39, 0.29) is 5.78 Å². The average Bonchev–Trinajstić information content (AvgIpc) is 2.89. The maximum absolute atomic E-state index is 12.3. The van der Waals surface area contributed by atoms with Crippen LogP contribution >= 0.6 is 15.9 Å². The summed E-state index contributed by atoms with van der Waals surface area (Å²) in [6.07, 6.45) is 3.49. The first-order valence-corrected chi connectivity index (χ1v) is 8.34. The van der Waals surface area contributed by atoms with E-state index < -0.39 is 0 Å². The van der Waals surface area contributed by atoms with Gasteiger partial charge in [0.2, 0.25) is 0 Å². The van der Waals surface area contributed by atoms with Gasteiger partial charge in [-0.05, 0) is 30.2 Å². The molecule has 0 saturated carbocycles. The topological polar surface area (TPSA) is 22.0 Å². The fourth-order valence-corrected chi connectivity index (χ4v) is 3.01. The first kappa shape index (κ1) is 15.0. The number of carbonyl (C=O) groups is 1. The Kier molecular flexibility index (Phi) is 4.44. The number of benzene rings is 2. The third-order valence-corrected chi connectivity index (χ3v) is 4.36. The first-order chi connectivity index (χ1) is 10.7. The van der Waals surface area contributed by atoms with Crippen LogP contribution in [0.4, 0.5) is 0 Å². The van der Waals surface area contributed by atoms with Crippen LogP contribution in [0.5, 0.6) is 0 Å². The van der Waals surface area contributed by atoms with E-state index in [1.165, 1.54) is 5.56 Å². The molecule has 3 aromatic rings. The van der Waals surface area contributed by atoms with Crippen LogP contribution in [0.3, 0.4) is 0 Å². The summed E-state index contributed by atoms with van der Waals surface area (Å²) in [4.78, 5) is 12.3. The van der Waals surface area contributed by atoms with Gasteiger partial charge in [-0.2, -0.15) is 0 Å². The summed E-state index contributed by atoms with van der Waals surface area (Å²) < 4.78 is 3.24. The lowest BCUT2D eigenvalue weighted by molar-refractivity contribution is 0.0983. The molecule has 0 N–H and O–H groups in total. The van der Waals surface area contributed by atoms with Gasteiger partial charge in [-0.15, -0.1) is 0 Å². The normalized spacial score (nSPS) is 11.0. The van der Waals surface area contributed by atoms with Crippen molar-refractivity contribution >= 4 is 32.6 Å². The number of nitrogens with zero attached hydrogens (tertiary/aromatic N) is 1. The number of hydrogen-bond acceptors (Lipinski definition) is 1. The highest BCUT2D eigenvalue weighted by Crippen LogP contribution is 2.24. The number of halogens is 1. The molecule has 3 heteroatoms. The second-order valence-electron chi connectivity index (χ2n) is 5.49. The van der Waals surface area contributed by atoms with Crippen molar-refractivity contribution < 1.29 is 4.79 Å². The molecular weight excluding hydrogens is 338 g/mol. The van der Waals surface area contributed by atoms with Crippen molar-refractivity contribution in [2.45, 2.75) is 26.3 Å². The summed E-state index contributed by atoms with van der Waals surface area (Å²) in [6.45, 7) is 2.81. The van der Waals surface area contributed by atoms with Gasteiger partial charge in [0.25, 0.3) is 0 Å². The minimum atomic E-state index is 0.230. The summed E-state index contributed by atoms with van der Waals surface area (Å²) in [6, 6.07) is 16.4. The van der Waals surface area contributed by atoms with Crippen molar-refractivity contribution in [2.24, 2.45) is 0 Å². The van der Waals surface area contributed by atoms with E-state index in [1.54, 1.807) is 0 Å². The van der Waals surface area contributed by atoms with Gasteiger partial charge in [0, 0.05) is 40.1 Å². The molecule has 3 rings (SSSR count). The Labute approximate surface area is 138 Å². The van der Waals surface area contributed by atoms with Crippen molar-refractivity contribution in [3.05, 3.63) is 70.3 Å². The Morgan fingerprint density at radius 1 is 1.09 bits per heavy atom. The zero-order valence-corrected chi connectivity index (χ0v) is 14.1. The molecular formula is C19H18BrNO. The molecule has 0 saturated heterocycles. The van der Waals surface area contributed by atoms with Gasteiger partial charge in [-0.3, -0.25) is 4.79 Å². The van der Waals surface area contributed by atoms with E-state index in [2.05, 4.69) is 38.7 Å². The molecule has 0 unspecified atom stereocenters. The second kappa shape index (κ2) is 6.49. The van der Waals surface area contributed by atoms with Crippen LogP contribution in [0.25, 0.3) is 10.9 Å². The van der Waals surface area contributed by atoms with Crippen molar-refractivity contribution in [1.82, 2.24) is 4.57 Å². The minimum Gasteiger partial charge on any atom is -0.342 e. The van der Waals surface area contributed by atoms with Gasteiger partial charge in [0.15, 0.2) is 5.78 Å². The van der Waals surface area contributed by atoms with E-state index in [4.69, 9.17) is 0 Å². The monoisotopic (exact) mass is 355 g/mol. The zero-order valence-electron chi connectivity index (χ0n) is 12.6. The van der Waals surface area contributed by atoms with Crippen LogP contribution < -0.4 is 0 Å². The molecule has 1 heterocycles. The summed E-state index contributed by atoms with van der Waals surface area (Å²) >= 11 is 3.46. The Morgan fingerprint density at radius 2 is 1.82 bits per heavy atom. The predicted molar refractivity (Wildman–Crippen MR) is 94.4 cm³/mol. The molecule has 0 aliphatic rings. The number of Topliss-reactive ketones (excluding diaryl/α,β-unsaturated/α-hetero) is 1. The van der Waals surface area contributed by atoms with Crippen molar-refractivity contribution in [3.63, 3.8) is 0 Å². The standard InChI is InChI=1S/C19H18BrNO/c1-2-5-19(22)17-13-21(18-7-4-3-6-16(17)18)12-14-8-10-15(20)11-9-14/h3-4,6-11,13H,2,5,12H2,1H3. The predicted octanol–water partition coefficient (Wildman–Crippen LogP) is 5.43. The Morgan fingerprint density at radius 3 is 2.55 bits per heavy atom. The highest BCUT2D eigenvalue weighted by Gasteiger charge is 2.14. The highest BCUT2D eigenvalue weighted by molar-refractivity contribution is 9.10. The smallest absolute Gasteiger partial charge is 0.165 e. The van der Waals surface area contributed by atoms with Crippen LogP contribution in [-0.2, 0) is 6.54 Å². The van der Waals surface area contributed by atoms with E-state index in [0.29, 0.717) is 6.42 Å². The number of fused-ring (bicyclic) bond motifs is 1. The van der Waals surface area contributed by atoms with E-state index in [9.17, 15) is 4.79 Å². The number of ketones is 1. The molecule has 22 heavy (non-hydrogen) atoms. The molecule has 1 aromatic heterocycles. The summed E-state index contributed by atoms with van der Waals surface area (Å²) in [7, 11) is 0. The SMILES string of the molecule is CCCC(=O)c1cn(Cc2ccc(Br)cc2)c2ccccc12. The van der Waals surface area contributed by atoms with Crippen molar-refractivity contribution in [1.29, 1.82) is 0 Å². The van der Waals surface area contributed by atoms with Crippen LogP contribution in [0.1, 0.15) is 35.7 Å². The Hall–Kier alpha value is -1.87. The zero-order chi connectivity index (χ0) is 15.5. The van der Waals surface area contributed by atoms with E-state index in [1.807, 2.05) is 43.5 Å². The lowest BCUT2D eigenvalue weighted by Gasteiger charge is -2.05. The second-order valence-corrected chi connectivity index (χ2v) is 6.40. The lowest BCUT2D eigenvalue weighted by atomic mass is 10.1. The average molecular weight is 356 g/mol. The van der Waals surface area contributed by atoms with Crippen LogP contribution in [-0.4, -0.2) is 10.4 Å². The summed E-state index contributed by atoms with van der Waals surface area (Å²) in [5.41, 5.74) is 3.18. The third kappa shape index (κ3) is 3.00. The first-order valence-electron chi connectivity index (χ1n) is 7.54. The largest absolute Gasteiger partial charge is 0.342 e. The molecule has 0 spiro atoms. The molecule has 112 valence electrons. The molecule has 0 aliphatic heterocycles. The van der Waals surface area contributed by atoms with Gasteiger partial charge < -0.3 is 4.57 Å². The van der Waals surface area contributed by atoms with Crippen molar-refractivity contribution in [2.75, 3.05) is 0 Å². The molecule has 0 bridgehead atoms. The summed E-state index contributed by atoms with van der Waals surface area (Å²) in [5, 5.41) is 1.05. The van der Waals surface area contributed by atoms with Gasteiger partial charge in [-0.1, -0.05) is 53.2 Å². The molecule has 2 aromatic carbocycles. The number of rotatable bonds is 5. The van der Waals surface area contributed by atoms with Crippen molar-refractivity contribution in [3.8, 4) is 0 Å². The Balaban J connectivity index is 2.02. The Bertz CT molecular complexity index is 802. The van der Waals surface area contributed by atoms with Gasteiger partial charge in [-0.25, -0.2) is 0 Å². The summed E-state index contributed by atoms with van der Waals surface area (Å²) in [5.74, 6) is 0.230. The molecule has 0 amide bonds. The van der Waals surface area contributed by atoms with Crippen LogP contribution in [0.15, 0.2) is 59.2 Å². The fraction of sp³-hybridized carbons (Fsp3) is 0.211. The number of aromatic nitrogens is 1. The molecule has 0 atom stereocenters. The van der Waals surface area contributed by atoms with Crippen LogP contribution in [0, 0.1) is 0 Å². The fourth-order valence-electron chi connectivity index (χ4n) is 2.75. The molecule has 2 nitrogen and oxygen atoms in total. The lowest BCUT2D eigenvalue weighted by Crippen LogP contribution is -1.99. The number of carbonyl (C=O) groups excluding carboxylic acids is 1. The van der Waals surface area contributed by atoms with E-state index in [0.717, 1.165) is 33.9 Å². The maximum atomic E-state index is 12.3. The number of para-hydroxylation sites is 1. The van der Waals surface area contributed by atoms with Gasteiger partial charge >= 0.3 is 0 Å². The number of hydrogen-bond donors (Lipinski definition) is 0. The maximum Gasteiger partial charge on any atom is 0.165 e.